The Balaban J connectivity index is 1.98. The fraction of sp³-hybridized carbons (Fsp3) is 0.538. The third-order valence-corrected chi connectivity index (χ3v) is 4.61. The van der Waals surface area contributed by atoms with Gasteiger partial charge in [0.15, 0.2) is 0 Å². The van der Waals surface area contributed by atoms with Gasteiger partial charge in [0, 0.05) is 11.3 Å². The van der Waals surface area contributed by atoms with E-state index in [1.807, 2.05) is 11.8 Å². The molecule has 0 bridgehead atoms. The molecule has 0 spiro atoms. The first-order valence-corrected chi connectivity index (χ1v) is 7.75. The van der Waals surface area contributed by atoms with Crippen molar-refractivity contribution in [3.8, 4) is 6.07 Å². The summed E-state index contributed by atoms with van der Waals surface area (Å²) in [4.78, 5) is 4.21. The van der Waals surface area contributed by atoms with Crippen LogP contribution in [0, 0.1) is 11.3 Å². The molecule has 1 aromatic rings. The molecule has 1 fully saturated rings. The average molecular weight is 282 g/mol. The van der Waals surface area contributed by atoms with E-state index in [0.29, 0.717) is 22.6 Å². The highest BCUT2D eigenvalue weighted by atomic mass is 35.5. The standard InChI is InChI=1S/C13H16ClN3S/c1-18-11-4-2-10(3-5-11)16-13-7-9(8-15)6-12(14)17-13/h6-7,10-11H,2-5H2,1H3,(H,16,17). The molecule has 0 aromatic carbocycles. The number of nitrogens with zero attached hydrogens (tertiary/aromatic N) is 2. The third-order valence-electron chi connectivity index (χ3n) is 3.28. The molecule has 1 heterocycles. The van der Waals surface area contributed by atoms with Gasteiger partial charge in [-0.3, -0.25) is 0 Å². The number of nitrogens with one attached hydrogen (secondary N) is 1. The Morgan fingerprint density at radius 2 is 2.11 bits per heavy atom. The molecule has 18 heavy (non-hydrogen) atoms. The third kappa shape index (κ3) is 3.54. The Bertz CT molecular complexity index is 450. The first kappa shape index (κ1) is 13.5. The van der Waals surface area contributed by atoms with E-state index in [1.165, 1.54) is 12.8 Å². The summed E-state index contributed by atoms with van der Waals surface area (Å²) in [6.45, 7) is 0. The van der Waals surface area contributed by atoms with Crippen LogP contribution >= 0.6 is 23.4 Å². The maximum atomic E-state index is 8.89. The zero-order valence-electron chi connectivity index (χ0n) is 10.3. The number of nitriles is 1. The lowest BCUT2D eigenvalue weighted by Crippen LogP contribution is -2.27. The number of aromatic nitrogens is 1. The Labute approximate surface area is 117 Å². The van der Waals surface area contributed by atoms with Crippen LogP contribution in [-0.2, 0) is 0 Å². The van der Waals surface area contributed by atoms with Crippen molar-refractivity contribution in [2.45, 2.75) is 37.0 Å². The highest BCUT2D eigenvalue weighted by Crippen LogP contribution is 2.28. The van der Waals surface area contributed by atoms with Crippen molar-refractivity contribution >= 4 is 29.2 Å². The molecule has 0 unspecified atom stereocenters. The fourth-order valence-corrected chi connectivity index (χ4v) is 3.24. The number of hydrogen-bond acceptors (Lipinski definition) is 4. The van der Waals surface area contributed by atoms with Crippen LogP contribution in [0.15, 0.2) is 12.1 Å². The van der Waals surface area contributed by atoms with Crippen LogP contribution in [0.5, 0.6) is 0 Å². The van der Waals surface area contributed by atoms with Gasteiger partial charge in [-0.2, -0.15) is 17.0 Å². The predicted octanol–water partition coefficient (Wildman–Crippen LogP) is 3.69. The minimum absolute atomic E-state index is 0.370. The quantitative estimate of drug-likeness (QED) is 0.859. The number of pyridine rings is 1. The second-order valence-corrected chi connectivity index (χ2v) is 6.05. The summed E-state index contributed by atoms with van der Waals surface area (Å²) in [6.07, 6.45) is 6.97. The Hall–Kier alpha value is -0.920. The van der Waals surface area contributed by atoms with Crippen LogP contribution < -0.4 is 5.32 Å². The van der Waals surface area contributed by atoms with Crippen molar-refractivity contribution in [1.29, 1.82) is 5.26 Å². The molecule has 1 aliphatic carbocycles. The zero-order chi connectivity index (χ0) is 13.0. The van der Waals surface area contributed by atoms with Crippen molar-refractivity contribution in [3.05, 3.63) is 22.8 Å². The second kappa shape index (κ2) is 6.31. The Morgan fingerprint density at radius 3 is 2.72 bits per heavy atom. The lowest BCUT2D eigenvalue weighted by Gasteiger charge is -2.28. The van der Waals surface area contributed by atoms with Crippen molar-refractivity contribution in [2.24, 2.45) is 0 Å². The SMILES string of the molecule is CSC1CCC(Nc2cc(C#N)cc(Cl)n2)CC1. The maximum Gasteiger partial charge on any atom is 0.132 e. The van der Waals surface area contributed by atoms with Gasteiger partial charge in [-0.25, -0.2) is 4.98 Å². The first-order valence-electron chi connectivity index (χ1n) is 6.08. The molecule has 2 rings (SSSR count). The summed E-state index contributed by atoms with van der Waals surface area (Å²) in [6, 6.07) is 5.88. The van der Waals surface area contributed by atoms with Gasteiger partial charge in [-0.15, -0.1) is 0 Å². The van der Waals surface area contributed by atoms with Crippen LogP contribution in [0.1, 0.15) is 31.2 Å². The summed E-state index contributed by atoms with van der Waals surface area (Å²) >= 11 is 7.84. The van der Waals surface area contributed by atoms with Crippen LogP contribution in [0.2, 0.25) is 5.15 Å². The average Bonchev–Trinajstić information content (AvgIpc) is 2.39. The maximum absolute atomic E-state index is 8.89. The van der Waals surface area contributed by atoms with Gasteiger partial charge in [0.05, 0.1) is 11.6 Å². The normalized spacial score (nSPS) is 23.4. The number of hydrogen-bond donors (Lipinski definition) is 1. The largest absolute Gasteiger partial charge is 0.367 e. The van der Waals surface area contributed by atoms with Crippen LogP contribution in [-0.4, -0.2) is 22.5 Å². The first-order chi connectivity index (χ1) is 8.71. The summed E-state index contributed by atoms with van der Waals surface area (Å²) < 4.78 is 0. The topological polar surface area (TPSA) is 48.7 Å². The van der Waals surface area contributed by atoms with E-state index in [2.05, 4.69) is 22.6 Å². The van der Waals surface area contributed by atoms with Gasteiger partial charge in [-0.1, -0.05) is 11.6 Å². The van der Waals surface area contributed by atoms with Gasteiger partial charge in [0.1, 0.15) is 11.0 Å². The Kier molecular flexibility index (Phi) is 4.73. The smallest absolute Gasteiger partial charge is 0.132 e. The van der Waals surface area contributed by atoms with Crippen LogP contribution in [0.3, 0.4) is 0 Å². The summed E-state index contributed by atoms with van der Waals surface area (Å²) in [5.41, 5.74) is 0.551. The molecule has 0 radical (unpaired) electrons. The van der Waals surface area contributed by atoms with Crippen LogP contribution in [0.25, 0.3) is 0 Å². The van der Waals surface area contributed by atoms with Gasteiger partial charge >= 0.3 is 0 Å². The summed E-state index contributed by atoms with van der Waals surface area (Å²) in [5, 5.41) is 13.4. The molecule has 0 aliphatic heterocycles. The van der Waals surface area contributed by atoms with Crippen molar-refractivity contribution in [2.75, 3.05) is 11.6 Å². The molecule has 5 heteroatoms. The fourth-order valence-electron chi connectivity index (χ4n) is 2.29. The van der Waals surface area contributed by atoms with Gasteiger partial charge in [-0.05, 0) is 44.1 Å². The number of thioether (sulfide) groups is 1. The molecule has 1 N–H and O–H groups in total. The molecule has 3 nitrogen and oxygen atoms in total. The van der Waals surface area contributed by atoms with Crippen molar-refractivity contribution in [3.63, 3.8) is 0 Å². The highest BCUT2D eigenvalue weighted by Gasteiger charge is 2.20. The van der Waals surface area contributed by atoms with Crippen molar-refractivity contribution in [1.82, 2.24) is 4.98 Å². The molecule has 0 atom stereocenters. The number of rotatable bonds is 3. The van der Waals surface area contributed by atoms with Crippen molar-refractivity contribution < 1.29 is 0 Å². The van der Waals surface area contributed by atoms with E-state index in [0.717, 1.165) is 18.1 Å². The summed E-state index contributed by atoms with van der Waals surface area (Å²) in [5.74, 6) is 0.714. The monoisotopic (exact) mass is 281 g/mol. The van der Waals surface area contributed by atoms with E-state index < -0.39 is 0 Å². The zero-order valence-corrected chi connectivity index (χ0v) is 11.9. The Morgan fingerprint density at radius 1 is 1.39 bits per heavy atom. The van der Waals surface area contributed by atoms with E-state index in [1.54, 1.807) is 12.1 Å². The minimum Gasteiger partial charge on any atom is -0.367 e. The lowest BCUT2D eigenvalue weighted by atomic mass is 9.95. The molecule has 96 valence electrons. The number of anilines is 1. The van der Waals surface area contributed by atoms with E-state index in [4.69, 9.17) is 16.9 Å². The van der Waals surface area contributed by atoms with E-state index in [-0.39, 0.29) is 0 Å². The molecule has 0 amide bonds. The molecule has 1 aromatic heterocycles. The predicted molar refractivity (Wildman–Crippen MR) is 77.1 cm³/mol. The van der Waals surface area contributed by atoms with Gasteiger partial charge in [0.2, 0.25) is 0 Å². The molecular formula is C13H16ClN3S. The highest BCUT2D eigenvalue weighted by molar-refractivity contribution is 7.99. The second-order valence-electron chi connectivity index (χ2n) is 4.53. The minimum atomic E-state index is 0.370. The lowest BCUT2D eigenvalue weighted by molar-refractivity contribution is 0.472. The molecule has 0 saturated heterocycles. The number of halogens is 1. The van der Waals surface area contributed by atoms with E-state index in [9.17, 15) is 0 Å². The van der Waals surface area contributed by atoms with Gasteiger partial charge in [0.25, 0.3) is 0 Å². The molecular weight excluding hydrogens is 266 g/mol. The summed E-state index contributed by atoms with van der Waals surface area (Å²) in [7, 11) is 0. The van der Waals surface area contributed by atoms with Crippen LogP contribution in [0.4, 0.5) is 5.82 Å². The van der Waals surface area contributed by atoms with Gasteiger partial charge < -0.3 is 5.32 Å². The van der Waals surface area contributed by atoms with E-state index >= 15 is 0 Å². The molecule has 1 aliphatic rings. The molecule has 1 saturated carbocycles.